The van der Waals surface area contributed by atoms with E-state index >= 15 is 0 Å². The van der Waals surface area contributed by atoms with Gasteiger partial charge in [-0.3, -0.25) is 0 Å². The molecule has 0 bridgehead atoms. The first-order chi connectivity index (χ1) is 9.13. The van der Waals surface area contributed by atoms with Gasteiger partial charge < -0.3 is 0 Å². The molecule has 19 heavy (non-hydrogen) atoms. The topological polar surface area (TPSA) is 79.2 Å². The van der Waals surface area contributed by atoms with Crippen LogP contribution in [-0.4, -0.2) is 68.1 Å². The number of aliphatic hydroxyl groups is 3. The van der Waals surface area contributed by atoms with Crippen LogP contribution in [0.1, 0.15) is 0 Å². The molecule has 0 radical (unpaired) electrons. The van der Waals surface area contributed by atoms with E-state index in [2.05, 4.69) is 0 Å². The standard InChI is InChI=1S/C13H18O5Se/c1-17-13-12(16)11(15)10(14)9(18-13)7-19-8-5-3-2-4-6-8/h2-6,9-16H,7H2,1H3/t9-,10+,11+,12-,13+/m1/s1. The van der Waals surface area contributed by atoms with Crippen LogP contribution < -0.4 is 4.46 Å². The Morgan fingerprint density at radius 2 is 1.79 bits per heavy atom. The quantitative estimate of drug-likeness (QED) is 0.609. The van der Waals surface area contributed by atoms with Crippen molar-refractivity contribution in [1.29, 1.82) is 0 Å². The summed E-state index contributed by atoms with van der Waals surface area (Å²) < 4.78 is 11.6. The van der Waals surface area contributed by atoms with Crippen molar-refractivity contribution in [1.82, 2.24) is 0 Å². The molecule has 0 amide bonds. The van der Waals surface area contributed by atoms with Crippen LogP contribution in [0.5, 0.6) is 0 Å². The Balaban J connectivity index is 1.95. The number of hydrogen-bond donors (Lipinski definition) is 3. The van der Waals surface area contributed by atoms with Crippen LogP contribution in [-0.2, 0) is 9.47 Å². The van der Waals surface area contributed by atoms with Crippen LogP contribution in [0.2, 0.25) is 5.32 Å². The Morgan fingerprint density at radius 3 is 2.42 bits per heavy atom. The van der Waals surface area contributed by atoms with E-state index in [0.717, 1.165) is 0 Å². The van der Waals surface area contributed by atoms with Gasteiger partial charge in [-0.25, -0.2) is 0 Å². The van der Waals surface area contributed by atoms with E-state index < -0.39 is 30.7 Å². The van der Waals surface area contributed by atoms with Crippen LogP contribution in [0.15, 0.2) is 30.3 Å². The molecule has 2 rings (SSSR count). The number of methoxy groups -OCH3 is 1. The molecule has 1 aliphatic heterocycles. The van der Waals surface area contributed by atoms with Gasteiger partial charge in [0.2, 0.25) is 0 Å². The van der Waals surface area contributed by atoms with Gasteiger partial charge in [-0.05, 0) is 0 Å². The van der Waals surface area contributed by atoms with Crippen LogP contribution >= 0.6 is 0 Å². The molecule has 0 aromatic heterocycles. The molecule has 1 fully saturated rings. The first-order valence-corrected chi connectivity index (χ1v) is 8.10. The molecule has 1 heterocycles. The summed E-state index contributed by atoms with van der Waals surface area (Å²) in [5.41, 5.74) is 0. The summed E-state index contributed by atoms with van der Waals surface area (Å²) in [6, 6.07) is 9.92. The molecule has 106 valence electrons. The van der Waals surface area contributed by atoms with E-state index in [0.29, 0.717) is 5.32 Å². The van der Waals surface area contributed by atoms with Gasteiger partial charge in [0.1, 0.15) is 0 Å². The fraction of sp³-hybridized carbons (Fsp3) is 0.538. The van der Waals surface area contributed by atoms with Gasteiger partial charge in [0, 0.05) is 0 Å². The normalized spacial score (nSPS) is 35.3. The molecule has 5 nitrogen and oxygen atoms in total. The van der Waals surface area contributed by atoms with E-state index in [-0.39, 0.29) is 15.0 Å². The average molecular weight is 333 g/mol. The summed E-state index contributed by atoms with van der Waals surface area (Å²) >= 11 is 0.132. The number of benzene rings is 1. The summed E-state index contributed by atoms with van der Waals surface area (Å²) in [5.74, 6) is 0. The van der Waals surface area contributed by atoms with Crippen LogP contribution in [0.25, 0.3) is 0 Å². The molecule has 0 aliphatic carbocycles. The monoisotopic (exact) mass is 334 g/mol. The number of ether oxygens (including phenoxy) is 2. The number of rotatable bonds is 4. The second-order valence-corrected chi connectivity index (χ2v) is 6.67. The Morgan fingerprint density at radius 1 is 1.11 bits per heavy atom. The molecular weight excluding hydrogens is 315 g/mol. The molecule has 5 atom stereocenters. The summed E-state index contributed by atoms with van der Waals surface area (Å²) in [4.78, 5) is 0. The van der Waals surface area contributed by atoms with Gasteiger partial charge in [0.25, 0.3) is 0 Å². The van der Waals surface area contributed by atoms with Gasteiger partial charge in [0.15, 0.2) is 0 Å². The van der Waals surface area contributed by atoms with Crippen LogP contribution in [0.4, 0.5) is 0 Å². The molecule has 0 saturated carbocycles. The van der Waals surface area contributed by atoms with Crippen molar-refractivity contribution in [2.24, 2.45) is 0 Å². The molecule has 1 aromatic rings. The van der Waals surface area contributed by atoms with E-state index in [9.17, 15) is 15.3 Å². The van der Waals surface area contributed by atoms with Crippen molar-refractivity contribution in [3.05, 3.63) is 30.3 Å². The first kappa shape index (κ1) is 14.9. The van der Waals surface area contributed by atoms with Crippen molar-refractivity contribution in [2.75, 3.05) is 7.11 Å². The second kappa shape index (κ2) is 6.81. The third kappa shape index (κ3) is 3.55. The van der Waals surface area contributed by atoms with E-state index in [4.69, 9.17) is 9.47 Å². The summed E-state index contributed by atoms with van der Waals surface area (Å²) in [6.07, 6.45) is -4.97. The molecular formula is C13H18O5Se. The number of hydrogen-bond acceptors (Lipinski definition) is 5. The van der Waals surface area contributed by atoms with Crippen molar-refractivity contribution in [3.8, 4) is 0 Å². The van der Waals surface area contributed by atoms with Crippen molar-refractivity contribution in [3.63, 3.8) is 0 Å². The average Bonchev–Trinajstić information content (AvgIpc) is 2.45. The van der Waals surface area contributed by atoms with E-state index in [1.165, 1.54) is 11.6 Å². The zero-order valence-corrected chi connectivity index (χ0v) is 12.3. The Labute approximate surface area is 118 Å². The molecule has 1 aromatic carbocycles. The summed E-state index contributed by atoms with van der Waals surface area (Å²) in [7, 11) is 1.40. The van der Waals surface area contributed by atoms with E-state index in [1.807, 2.05) is 30.3 Å². The van der Waals surface area contributed by atoms with Gasteiger partial charge in [-0.2, -0.15) is 0 Å². The van der Waals surface area contributed by atoms with Crippen molar-refractivity contribution >= 4 is 19.4 Å². The zero-order valence-electron chi connectivity index (χ0n) is 10.5. The Hall–Kier alpha value is -0.461. The maximum atomic E-state index is 9.92. The fourth-order valence-electron chi connectivity index (χ4n) is 1.94. The SMILES string of the molecule is CO[C@H]1O[C@H](C[Se]c2ccccc2)[C@H](O)[C@H](O)[C@H]1O. The molecule has 6 heteroatoms. The van der Waals surface area contributed by atoms with Crippen LogP contribution in [0, 0.1) is 0 Å². The molecule has 0 unspecified atom stereocenters. The molecule has 1 aliphatic rings. The minimum atomic E-state index is -1.24. The number of aliphatic hydroxyl groups excluding tert-OH is 3. The Bertz CT molecular complexity index is 386. The van der Waals surface area contributed by atoms with Crippen molar-refractivity contribution in [2.45, 2.75) is 36.0 Å². The third-order valence-electron chi connectivity index (χ3n) is 3.06. The second-order valence-electron chi connectivity index (χ2n) is 4.37. The first-order valence-electron chi connectivity index (χ1n) is 6.04. The van der Waals surface area contributed by atoms with Crippen LogP contribution in [0.3, 0.4) is 0 Å². The van der Waals surface area contributed by atoms with Gasteiger partial charge >= 0.3 is 118 Å². The predicted octanol–water partition coefficient (Wildman–Crippen LogP) is -1.11. The molecule has 0 spiro atoms. The fourth-order valence-corrected chi connectivity index (χ4v) is 4.00. The van der Waals surface area contributed by atoms with Gasteiger partial charge in [0.05, 0.1) is 0 Å². The third-order valence-corrected chi connectivity index (χ3v) is 5.37. The van der Waals surface area contributed by atoms with E-state index in [1.54, 1.807) is 0 Å². The van der Waals surface area contributed by atoms with Crippen molar-refractivity contribution < 1.29 is 24.8 Å². The minimum absolute atomic E-state index is 0.132. The summed E-state index contributed by atoms with van der Waals surface area (Å²) in [6.45, 7) is 0. The Kier molecular flexibility index (Phi) is 5.36. The molecule has 1 saturated heterocycles. The maximum absolute atomic E-state index is 9.92. The zero-order chi connectivity index (χ0) is 13.8. The molecule has 3 N–H and O–H groups in total. The predicted molar refractivity (Wildman–Crippen MR) is 70.3 cm³/mol. The van der Waals surface area contributed by atoms with Gasteiger partial charge in [-0.1, -0.05) is 0 Å². The van der Waals surface area contributed by atoms with Gasteiger partial charge in [-0.15, -0.1) is 0 Å². The summed E-state index contributed by atoms with van der Waals surface area (Å²) in [5, 5.41) is 29.9.